The molecule has 1 aliphatic carbocycles. The van der Waals surface area contributed by atoms with Crippen LogP contribution >= 0.6 is 0 Å². The molecule has 4 nitrogen and oxygen atoms in total. The molecule has 1 heterocycles. The summed E-state index contributed by atoms with van der Waals surface area (Å²) >= 11 is 0. The highest BCUT2D eigenvalue weighted by Gasteiger charge is 2.46. The lowest BCUT2D eigenvalue weighted by Gasteiger charge is -2.16. The third-order valence-electron chi connectivity index (χ3n) is 3.07. The second-order valence-electron chi connectivity index (χ2n) is 4.42. The van der Waals surface area contributed by atoms with Crippen molar-refractivity contribution in [2.24, 2.45) is 17.6 Å². The molecule has 82 valence electrons. The maximum Gasteiger partial charge on any atom is 0.233 e. The topological polar surface area (TPSA) is 63.4 Å². The normalized spacial score (nSPS) is 32.0. The van der Waals surface area contributed by atoms with Crippen molar-refractivity contribution in [1.82, 2.24) is 4.90 Å². The van der Waals surface area contributed by atoms with Crippen LogP contribution in [0.25, 0.3) is 0 Å². The zero-order valence-corrected chi connectivity index (χ0v) is 8.85. The summed E-state index contributed by atoms with van der Waals surface area (Å²) in [6, 6.07) is -0.147. The number of hydrogen-bond donors (Lipinski definition) is 1. The monoisotopic (exact) mass is 208 g/mol. The van der Waals surface area contributed by atoms with E-state index in [4.69, 9.17) is 5.73 Å². The van der Waals surface area contributed by atoms with Crippen molar-refractivity contribution in [2.75, 3.05) is 6.54 Å². The van der Waals surface area contributed by atoms with Crippen molar-refractivity contribution in [3.8, 4) is 0 Å². The first-order valence-electron chi connectivity index (χ1n) is 5.37. The van der Waals surface area contributed by atoms with Crippen LogP contribution in [0.1, 0.15) is 19.8 Å². The van der Waals surface area contributed by atoms with Gasteiger partial charge in [0.25, 0.3) is 0 Å². The van der Waals surface area contributed by atoms with Crippen LogP contribution in [0.3, 0.4) is 0 Å². The molecule has 0 spiro atoms. The van der Waals surface area contributed by atoms with Gasteiger partial charge in [-0.1, -0.05) is 12.2 Å². The Morgan fingerprint density at radius 3 is 2.20 bits per heavy atom. The first-order valence-corrected chi connectivity index (χ1v) is 5.37. The van der Waals surface area contributed by atoms with Crippen molar-refractivity contribution < 1.29 is 9.59 Å². The predicted molar refractivity (Wildman–Crippen MR) is 55.7 cm³/mol. The average Bonchev–Trinajstić information content (AvgIpc) is 2.44. The Hall–Kier alpha value is -1.16. The van der Waals surface area contributed by atoms with Gasteiger partial charge in [0.2, 0.25) is 11.8 Å². The highest BCUT2D eigenvalue weighted by atomic mass is 16.2. The van der Waals surface area contributed by atoms with Gasteiger partial charge in [-0.25, -0.2) is 0 Å². The Balaban J connectivity index is 2.17. The Labute approximate surface area is 89.1 Å². The van der Waals surface area contributed by atoms with Crippen LogP contribution in [-0.2, 0) is 9.59 Å². The third kappa shape index (κ3) is 1.69. The van der Waals surface area contributed by atoms with Crippen molar-refractivity contribution >= 4 is 11.8 Å². The fraction of sp³-hybridized carbons (Fsp3) is 0.636. The molecule has 0 aromatic rings. The second-order valence-corrected chi connectivity index (χ2v) is 4.42. The van der Waals surface area contributed by atoms with Gasteiger partial charge in [-0.3, -0.25) is 14.5 Å². The highest BCUT2D eigenvalue weighted by Crippen LogP contribution is 2.34. The van der Waals surface area contributed by atoms with Crippen LogP contribution in [0.4, 0.5) is 0 Å². The molecule has 2 amide bonds. The zero-order chi connectivity index (χ0) is 11.0. The summed E-state index contributed by atoms with van der Waals surface area (Å²) in [4.78, 5) is 25.1. The standard InChI is InChI=1S/C11H16N2O2/c1-7(12)6-13-10(14)8-4-2-3-5-9(8)11(13)15/h2-3,7-9H,4-6,12H2,1H3/t7-,8+,9+/m0/s1. The van der Waals surface area contributed by atoms with E-state index in [9.17, 15) is 9.59 Å². The van der Waals surface area contributed by atoms with Gasteiger partial charge in [0.1, 0.15) is 0 Å². The summed E-state index contributed by atoms with van der Waals surface area (Å²) in [6.07, 6.45) is 5.37. The number of amides is 2. The quantitative estimate of drug-likeness (QED) is 0.524. The van der Waals surface area contributed by atoms with E-state index in [0.717, 1.165) is 0 Å². The van der Waals surface area contributed by atoms with Crippen LogP contribution in [-0.4, -0.2) is 29.3 Å². The number of carbonyl (C=O) groups is 2. The summed E-state index contributed by atoms with van der Waals surface area (Å²) < 4.78 is 0. The molecule has 0 saturated carbocycles. The number of hydrogen-bond acceptors (Lipinski definition) is 3. The molecule has 1 aliphatic heterocycles. The lowest BCUT2D eigenvalue weighted by Crippen LogP contribution is -2.40. The van der Waals surface area contributed by atoms with Gasteiger partial charge in [-0.05, 0) is 19.8 Å². The number of likely N-dealkylation sites (tertiary alicyclic amines) is 1. The van der Waals surface area contributed by atoms with Crippen molar-refractivity contribution in [3.05, 3.63) is 12.2 Å². The number of imide groups is 1. The first kappa shape index (κ1) is 10.4. The minimum Gasteiger partial charge on any atom is -0.326 e. The maximum atomic E-state index is 11.9. The fourth-order valence-corrected chi connectivity index (χ4v) is 2.34. The van der Waals surface area contributed by atoms with Crippen LogP contribution in [0.5, 0.6) is 0 Å². The Morgan fingerprint density at radius 1 is 1.33 bits per heavy atom. The average molecular weight is 208 g/mol. The molecule has 0 aromatic heterocycles. The molecular weight excluding hydrogens is 192 g/mol. The molecule has 1 saturated heterocycles. The van der Waals surface area contributed by atoms with E-state index in [2.05, 4.69) is 0 Å². The van der Waals surface area contributed by atoms with E-state index in [-0.39, 0.29) is 29.7 Å². The van der Waals surface area contributed by atoms with E-state index in [0.29, 0.717) is 19.4 Å². The Bertz CT molecular complexity index is 297. The lowest BCUT2D eigenvalue weighted by atomic mass is 9.85. The van der Waals surface area contributed by atoms with E-state index >= 15 is 0 Å². The van der Waals surface area contributed by atoms with Crippen LogP contribution in [0, 0.1) is 11.8 Å². The van der Waals surface area contributed by atoms with E-state index in [1.807, 2.05) is 12.2 Å². The van der Waals surface area contributed by atoms with E-state index in [1.165, 1.54) is 4.90 Å². The van der Waals surface area contributed by atoms with E-state index < -0.39 is 0 Å². The third-order valence-corrected chi connectivity index (χ3v) is 3.07. The van der Waals surface area contributed by atoms with Crippen LogP contribution in [0.2, 0.25) is 0 Å². The van der Waals surface area contributed by atoms with E-state index in [1.54, 1.807) is 6.92 Å². The summed E-state index contributed by atoms with van der Waals surface area (Å²) in [5.74, 6) is -0.319. The van der Waals surface area contributed by atoms with Crippen molar-refractivity contribution in [1.29, 1.82) is 0 Å². The summed E-state index contributed by atoms with van der Waals surface area (Å²) in [5, 5.41) is 0. The largest absolute Gasteiger partial charge is 0.326 e. The SMILES string of the molecule is C[C@H](N)CN1C(=O)[C@@H]2CC=CC[C@H]2C1=O. The minimum atomic E-state index is -0.147. The summed E-state index contributed by atoms with van der Waals surface area (Å²) in [6.45, 7) is 2.16. The number of carbonyl (C=O) groups excluding carboxylic acids is 2. The number of nitrogens with two attached hydrogens (primary N) is 1. The smallest absolute Gasteiger partial charge is 0.233 e. The molecule has 0 radical (unpaired) electrons. The van der Waals surface area contributed by atoms with Gasteiger partial charge < -0.3 is 5.73 Å². The molecule has 1 fully saturated rings. The molecule has 4 heteroatoms. The molecule has 15 heavy (non-hydrogen) atoms. The molecule has 0 bridgehead atoms. The molecular formula is C11H16N2O2. The minimum absolute atomic E-state index is 0.0355. The Kier molecular flexibility index (Phi) is 2.61. The maximum absolute atomic E-state index is 11.9. The van der Waals surface area contributed by atoms with Crippen molar-refractivity contribution in [3.63, 3.8) is 0 Å². The first-order chi connectivity index (χ1) is 7.11. The number of nitrogens with zero attached hydrogens (tertiary/aromatic N) is 1. The molecule has 2 aliphatic rings. The molecule has 3 atom stereocenters. The van der Waals surface area contributed by atoms with Gasteiger partial charge in [-0.15, -0.1) is 0 Å². The summed E-state index contributed by atoms with van der Waals surface area (Å²) in [5.41, 5.74) is 5.62. The van der Waals surface area contributed by atoms with Gasteiger partial charge in [-0.2, -0.15) is 0 Å². The molecule has 2 rings (SSSR count). The molecule has 2 N–H and O–H groups in total. The number of rotatable bonds is 2. The van der Waals surface area contributed by atoms with Gasteiger partial charge in [0, 0.05) is 12.6 Å². The van der Waals surface area contributed by atoms with Gasteiger partial charge in [0.15, 0.2) is 0 Å². The summed E-state index contributed by atoms with van der Waals surface area (Å²) in [7, 11) is 0. The molecule has 0 aromatic carbocycles. The molecule has 0 unspecified atom stereocenters. The van der Waals surface area contributed by atoms with Crippen LogP contribution < -0.4 is 5.73 Å². The second kappa shape index (κ2) is 3.77. The Morgan fingerprint density at radius 2 is 1.80 bits per heavy atom. The van der Waals surface area contributed by atoms with Gasteiger partial charge in [0.05, 0.1) is 11.8 Å². The highest BCUT2D eigenvalue weighted by molar-refractivity contribution is 6.05. The fourth-order valence-electron chi connectivity index (χ4n) is 2.34. The number of allylic oxidation sites excluding steroid dienone is 2. The predicted octanol–water partition coefficient (Wildman–Crippen LogP) is 0.285. The van der Waals surface area contributed by atoms with Crippen molar-refractivity contribution in [2.45, 2.75) is 25.8 Å². The zero-order valence-electron chi connectivity index (χ0n) is 8.85. The number of fused-ring (bicyclic) bond motifs is 1. The lowest BCUT2D eigenvalue weighted by molar-refractivity contribution is -0.140. The van der Waals surface area contributed by atoms with Gasteiger partial charge >= 0.3 is 0 Å². The van der Waals surface area contributed by atoms with Crippen LogP contribution in [0.15, 0.2) is 12.2 Å².